The minimum Gasteiger partial charge on any atom is -0.480 e. The Bertz CT molecular complexity index is 602. The summed E-state index contributed by atoms with van der Waals surface area (Å²) in [6.07, 6.45) is 0.0555. The predicted octanol–water partition coefficient (Wildman–Crippen LogP) is 2.04. The van der Waals surface area contributed by atoms with Gasteiger partial charge in [-0.05, 0) is 30.0 Å². The molecular formula is C18H26N2O4. The van der Waals surface area contributed by atoms with Gasteiger partial charge in [-0.1, -0.05) is 32.9 Å². The van der Waals surface area contributed by atoms with Gasteiger partial charge in [0, 0.05) is 25.6 Å². The number of carbonyl (C=O) groups is 3. The largest absolute Gasteiger partial charge is 0.480 e. The molecular weight excluding hydrogens is 308 g/mol. The van der Waals surface area contributed by atoms with Gasteiger partial charge in [0.15, 0.2) is 0 Å². The molecule has 0 saturated heterocycles. The summed E-state index contributed by atoms with van der Waals surface area (Å²) in [5, 5.41) is 11.6. The number of benzene rings is 1. The quantitative estimate of drug-likeness (QED) is 0.833. The lowest BCUT2D eigenvalue weighted by Gasteiger charge is -2.21. The molecule has 1 aromatic carbocycles. The van der Waals surface area contributed by atoms with E-state index < -0.39 is 12.0 Å². The first-order valence-electron chi connectivity index (χ1n) is 7.91. The number of hydrogen-bond acceptors (Lipinski definition) is 3. The highest BCUT2D eigenvalue weighted by Crippen LogP contribution is 2.22. The van der Waals surface area contributed by atoms with E-state index in [1.54, 1.807) is 12.1 Å². The van der Waals surface area contributed by atoms with Crippen molar-refractivity contribution in [1.29, 1.82) is 0 Å². The van der Waals surface area contributed by atoms with Crippen molar-refractivity contribution in [2.45, 2.75) is 45.6 Å². The molecule has 0 aliphatic carbocycles. The number of nitrogens with one attached hydrogen (secondary N) is 1. The molecule has 0 fully saturated rings. The zero-order chi connectivity index (χ0) is 18.5. The first-order valence-corrected chi connectivity index (χ1v) is 7.91. The van der Waals surface area contributed by atoms with E-state index in [1.807, 2.05) is 12.1 Å². The fourth-order valence-corrected chi connectivity index (χ4v) is 2.06. The molecule has 0 radical (unpaired) electrons. The molecule has 6 heteroatoms. The van der Waals surface area contributed by atoms with E-state index in [0.29, 0.717) is 5.56 Å². The number of carboxylic acid groups (broad SMARTS) is 1. The van der Waals surface area contributed by atoms with E-state index in [1.165, 1.54) is 14.0 Å². The molecule has 1 atom stereocenters. The number of aliphatic carboxylic acids is 1. The third-order valence-electron chi connectivity index (χ3n) is 3.97. The summed E-state index contributed by atoms with van der Waals surface area (Å²) in [5.41, 5.74) is 1.69. The molecule has 0 aliphatic heterocycles. The van der Waals surface area contributed by atoms with Crippen molar-refractivity contribution in [3.8, 4) is 0 Å². The maximum absolute atomic E-state index is 12.1. The average molecular weight is 334 g/mol. The van der Waals surface area contributed by atoms with Crippen molar-refractivity contribution < 1.29 is 19.5 Å². The van der Waals surface area contributed by atoms with Crippen LogP contribution in [-0.2, 0) is 15.0 Å². The van der Waals surface area contributed by atoms with Crippen LogP contribution in [0, 0.1) is 0 Å². The van der Waals surface area contributed by atoms with Gasteiger partial charge < -0.3 is 15.3 Å². The number of amides is 2. The molecule has 132 valence electrons. The molecule has 2 N–H and O–H groups in total. The van der Waals surface area contributed by atoms with Crippen LogP contribution in [0.15, 0.2) is 24.3 Å². The maximum Gasteiger partial charge on any atom is 0.326 e. The lowest BCUT2D eigenvalue weighted by atomic mass is 9.87. The Hall–Kier alpha value is -2.37. The van der Waals surface area contributed by atoms with Crippen molar-refractivity contribution in [2.24, 2.45) is 0 Å². The molecule has 0 spiro atoms. The smallest absolute Gasteiger partial charge is 0.326 e. The second-order valence-corrected chi connectivity index (χ2v) is 6.85. The van der Waals surface area contributed by atoms with E-state index in [2.05, 4.69) is 26.1 Å². The summed E-state index contributed by atoms with van der Waals surface area (Å²) >= 11 is 0. The van der Waals surface area contributed by atoms with Crippen molar-refractivity contribution in [1.82, 2.24) is 10.2 Å². The standard InChI is InChI=1S/C18H26N2O4/c1-12(17(23)24)20(5)15(21)10-11-19-16(22)13-6-8-14(9-7-13)18(2,3)4/h6-9,12H,10-11H2,1-5H3,(H,19,22)(H,23,24). The lowest BCUT2D eigenvalue weighted by Crippen LogP contribution is -2.41. The number of likely N-dealkylation sites (N-methyl/N-ethyl adjacent to an activating group) is 1. The highest BCUT2D eigenvalue weighted by Gasteiger charge is 2.21. The van der Waals surface area contributed by atoms with Crippen LogP contribution in [0.4, 0.5) is 0 Å². The second-order valence-electron chi connectivity index (χ2n) is 6.85. The molecule has 0 saturated carbocycles. The zero-order valence-electron chi connectivity index (χ0n) is 14.9. The summed E-state index contributed by atoms with van der Waals surface area (Å²) in [7, 11) is 1.44. The summed E-state index contributed by atoms with van der Waals surface area (Å²) in [4.78, 5) is 35.9. The fourth-order valence-electron chi connectivity index (χ4n) is 2.06. The minimum atomic E-state index is -1.06. The lowest BCUT2D eigenvalue weighted by molar-refractivity contribution is -0.148. The Morgan fingerprint density at radius 3 is 2.17 bits per heavy atom. The first-order chi connectivity index (χ1) is 11.0. The van der Waals surface area contributed by atoms with Crippen molar-refractivity contribution in [3.05, 3.63) is 35.4 Å². The second kappa shape index (κ2) is 7.95. The Balaban J connectivity index is 2.52. The first kappa shape index (κ1) is 19.7. The van der Waals surface area contributed by atoms with Crippen LogP contribution in [0.25, 0.3) is 0 Å². The normalized spacial score (nSPS) is 12.4. The van der Waals surface area contributed by atoms with Gasteiger partial charge >= 0.3 is 5.97 Å². The molecule has 0 aromatic heterocycles. The number of nitrogens with zero attached hydrogens (tertiary/aromatic N) is 1. The molecule has 1 aromatic rings. The number of carbonyl (C=O) groups excluding carboxylic acids is 2. The van der Waals surface area contributed by atoms with Gasteiger partial charge in [-0.3, -0.25) is 9.59 Å². The van der Waals surface area contributed by atoms with Crippen molar-refractivity contribution >= 4 is 17.8 Å². The van der Waals surface area contributed by atoms with Crippen LogP contribution in [0.5, 0.6) is 0 Å². The fraction of sp³-hybridized carbons (Fsp3) is 0.500. The molecule has 6 nitrogen and oxygen atoms in total. The van der Waals surface area contributed by atoms with Crippen LogP contribution >= 0.6 is 0 Å². The van der Waals surface area contributed by atoms with Gasteiger partial charge in [0.2, 0.25) is 5.91 Å². The van der Waals surface area contributed by atoms with Crippen LogP contribution < -0.4 is 5.32 Å². The number of hydrogen-bond donors (Lipinski definition) is 2. The Morgan fingerprint density at radius 1 is 1.17 bits per heavy atom. The van der Waals surface area contributed by atoms with E-state index in [0.717, 1.165) is 10.5 Å². The zero-order valence-corrected chi connectivity index (χ0v) is 14.9. The van der Waals surface area contributed by atoms with Gasteiger partial charge in [0.05, 0.1) is 0 Å². The summed E-state index contributed by atoms with van der Waals surface area (Å²) in [6, 6.07) is 6.47. The molecule has 1 unspecified atom stereocenters. The highest BCUT2D eigenvalue weighted by molar-refractivity contribution is 5.94. The Labute approximate surface area is 142 Å². The third-order valence-corrected chi connectivity index (χ3v) is 3.97. The Morgan fingerprint density at radius 2 is 1.71 bits per heavy atom. The van der Waals surface area contributed by atoms with Gasteiger partial charge in [-0.15, -0.1) is 0 Å². The van der Waals surface area contributed by atoms with E-state index in [-0.39, 0.29) is 30.2 Å². The number of rotatable bonds is 6. The summed E-state index contributed by atoms with van der Waals surface area (Å²) in [5.74, 6) is -1.64. The van der Waals surface area contributed by atoms with Crippen LogP contribution in [0.3, 0.4) is 0 Å². The van der Waals surface area contributed by atoms with Gasteiger partial charge in [-0.25, -0.2) is 4.79 Å². The average Bonchev–Trinajstić information content (AvgIpc) is 2.52. The van der Waals surface area contributed by atoms with Crippen LogP contribution in [-0.4, -0.2) is 47.4 Å². The minimum absolute atomic E-state index is 0.0207. The monoisotopic (exact) mass is 334 g/mol. The molecule has 1 rings (SSSR count). The molecule has 2 amide bonds. The summed E-state index contributed by atoms with van der Waals surface area (Å²) < 4.78 is 0. The van der Waals surface area contributed by atoms with E-state index in [4.69, 9.17) is 5.11 Å². The van der Waals surface area contributed by atoms with Crippen molar-refractivity contribution in [3.63, 3.8) is 0 Å². The van der Waals surface area contributed by atoms with Gasteiger partial charge in [0.1, 0.15) is 6.04 Å². The van der Waals surface area contributed by atoms with E-state index in [9.17, 15) is 14.4 Å². The topological polar surface area (TPSA) is 86.7 Å². The maximum atomic E-state index is 12.1. The third kappa shape index (κ3) is 5.37. The molecule has 24 heavy (non-hydrogen) atoms. The Kier molecular flexibility index (Phi) is 6.51. The van der Waals surface area contributed by atoms with E-state index >= 15 is 0 Å². The van der Waals surface area contributed by atoms with Crippen LogP contribution in [0.1, 0.15) is 50.0 Å². The molecule has 0 bridgehead atoms. The highest BCUT2D eigenvalue weighted by atomic mass is 16.4. The number of carboxylic acids is 1. The summed E-state index contributed by atoms with van der Waals surface area (Å²) in [6.45, 7) is 7.90. The molecule has 0 aliphatic rings. The molecule has 0 heterocycles. The predicted molar refractivity (Wildman–Crippen MR) is 92.0 cm³/mol. The van der Waals surface area contributed by atoms with Crippen LogP contribution in [0.2, 0.25) is 0 Å². The van der Waals surface area contributed by atoms with Gasteiger partial charge in [0.25, 0.3) is 5.91 Å². The van der Waals surface area contributed by atoms with Gasteiger partial charge in [-0.2, -0.15) is 0 Å². The SMILES string of the molecule is CC(C(=O)O)N(C)C(=O)CCNC(=O)c1ccc(C(C)(C)C)cc1. The van der Waals surface area contributed by atoms with Crippen molar-refractivity contribution in [2.75, 3.05) is 13.6 Å².